The minimum absolute atomic E-state index is 0.0260. The van der Waals surface area contributed by atoms with Crippen LogP contribution in [-0.2, 0) is 4.79 Å². The van der Waals surface area contributed by atoms with Gasteiger partial charge in [-0.25, -0.2) is 0 Å². The van der Waals surface area contributed by atoms with Crippen molar-refractivity contribution >= 4 is 28.4 Å². The van der Waals surface area contributed by atoms with Gasteiger partial charge in [0.25, 0.3) is 0 Å². The van der Waals surface area contributed by atoms with E-state index in [0.717, 1.165) is 10.5 Å². The van der Waals surface area contributed by atoms with Gasteiger partial charge >= 0.3 is 0 Å². The summed E-state index contributed by atoms with van der Waals surface area (Å²) in [6, 6.07) is 10.2. The molecule has 0 aliphatic heterocycles. The van der Waals surface area contributed by atoms with Crippen LogP contribution in [0.5, 0.6) is 0 Å². The third kappa shape index (κ3) is 2.30. The van der Waals surface area contributed by atoms with E-state index in [2.05, 4.69) is 17.1 Å². The highest BCUT2D eigenvalue weighted by Gasteiger charge is 2.13. The SMILES string of the molecule is CCC(=O)C(C)Sc1cc2ccccc2[nH]1. The lowest BCUT2D eigenvalue weighted by molar-refractivity contribution is -0.118. The lowest BCUT2D eigenvalue weighted by Gasteiger charge is -2.06. The fourth-order valence-corrected chi connectivity index (χ4v) is 2.70. The number of benzene rings is 1. The van der Waals surface area contributed by atoms with Crippen molar-refractivity contribution in [2.24, 2.45) is 0 Å². The highest BCUT2D eigenvalue weighted by atomic mass is 32.2. The Balaban J connectivity index is 2.18. The van der Waals surface area contributed by atoms with Gasteiger partial charge in [-0.1, -0.05) is 36.9 Å². The molecule has 0 saturated heterocycles. The number of carbonyl (C=O) groups is 1. The largest absolute Gasteiger partial charge is 0.350 e. The van der Waals surface area contributed by atoms with Gasteiger partial charge in [0.05, 0.1) is 10.3 Å². The second-order valence-electron chi connectivity index (χ2n) is 3.80. The summed E-state index contributed by atoms with van der Waals surface area (Å²) in [5.74, 6) is 0.295. The Morgan fingerprint density at radius 2 is 2.19 bits per heavy atom. The molecule has 1 atom stereocenters. The lowest BCUT2D eigenvalue weighted by Crippen LogP contribution is -2.11. The van der Waals surface area contributed by atoms with Crippen LogP contribution in [-0.4, -0.2) is 16.0 Å². The molecule has 0 fully saturated rings. The Morgan fingerprint density at radius 3 is 2.88 bits per heavy atom. The number of aromatic amines is 1. The highest BCUT2D eigenvalue weighted by Crippen LogP contribution is 2.27. The smallest absolute Gasteiger partial charge is 0.145 e. The van der Waals surface area contributed by atoms with E-state index in [9.17, 15) is 4.79 Å². The fourth-order valence-electron chi connectivity index (χ4n) is 1.65. The van der Waals surface area contributed by atoms with Gasteiger partial charge in [0, 0.05) is 17.3 Å². The molecule has 0 aliphatic carbocycles. The van der Waals surface area contributed by atoms with Gasteiger partial charge in [-0.3, -0.25) is 4.79 Å². The number of hydrogen-bond donors (Lipinski definition) is 1. The third-order valence-electron chi connectivity index (χ3n) is 2.61. The molecule has 16 heavy (non-hydrogen) atoms. The van der Waals surface area contributed by atoms with Crippen LogP contribution in [0, 0.1) is 0 Å². The number of hydrogen-bond acceptors (Lipinski definition) is 2. The van der Waals surface area contributed by atoms with Crippen LogP contribution in [0.3, 0.4) is 0 Å². The molecular weight excluding hydrogens is 218 g/mol. The molecule has 0 bridgehead atoms. The van der Waals surface area contributed by atoms with E-state index in [1.54, 1.807) is 11.8 Å². The second kappa shape index (κ2) is 4.74. The van der Waals surface area contributed by atoms with Crippen LogP contribution < -0.4 is 0 Å². The van der Waals surface area contributed by atoms with Crippen molar-refractivity contribution in [3.63, 3.8) is 0 Å². The monoisotopic (exact) mass is 233 g/mol. The summed E-state index contributed by atoms with van der Waals surface area (Å²) in [6.45, 7) is 3.87. The number of H-pyrrole nitrogens is 1. The normalized spacial score (nSPS) is 12.9. The van der Waals surface area contributed by atoms with Crippen LogP contribution in [0.1, 0.15) is 20.3 Å². The van der Waals surface area contributed by atoms with E-state index in [4.69, 9.17) is 0 Å². The summed E-state index contributed by atoms with van der Waals surface area (Å²) in [6.07, 6.45) is 0.606. The van der Waals surface area contributed by atoms with Crippen LogP contribution in [0.4, 0.5) is 0 Å². The number of thioether (sulfide) groups is 1. The first-order valence-electron chi connectivity index (χ1n) is 5.48. The molecule has 0 saturated carbocycles. The van der Waals surface area contributed by atoms with E-state index in [-0.39, 0.29) is 5.25 Å². The molecule has 84 valence electrons. The molecule has 0 aliphatic rings. The molecule has 0 radical (unpaired) electrons. The van der Waals surface area contributed by atoms with Gasteiger partial charge in [0.2, 0.25) is 0 Å². The average Bonchev–Trinajstić information content (AvgIpc) is 2.69. The van der Waals surface area contributed by atoms with Crippen LogP contribution in [0.15, 0.2) is 35.4 Å². The Kier molecular flexibility index (Phi) is 3.34. The number of rotatable bonds is 4. The number of fused-ring (bicyclic) bond motifs is 1. The zero-order valence-electron chi connectivity index (χ0n) is 9.49. The molecule has 1 aromatic heterocycles. The molecule has 1 unspecified atom stereocenters. The molecule has 1 aromatic carbocycles. The molecule has 3 heteroatoms. The summed E-state index contributed by atoms with van der Waals surface area (Å²) in [4.78, 5) is 14.8. The first-order chi connectivity index (χ1) is 7.70. The first-order valence-corrected chi connectivity index (χ1v) is 6.35. The van der Waals surface area contributed by atoms with E-state index in [0.29, 0.717) is 12.2 Å². The van der Waals surface area contributed by atoms with E-state index < -0.39 is 0 Å². The van der Waals surface area contributed by atoms with Crippen molar-refractivity contribution in [1.29, 1.82) is 0 Å². The predicted molar refractivity (Wildman–Crippen MR) is 68.9 cm³/mol. The van der Waals surface area contributed by atoms with E-state index in [1.807, 2.05) is 32.0 Å². The van der Waals surface area contributed by atoms with Crippen LogP contribution >= 0.6 is 11.8 Å². The van der Waals surface area contributed by atoms with Crippen LogP contribution in [0.25, 0.3) is 10.9 Å². The Morgan fingerprint density at radius 1 is 1.44 bits per heavy atom. The summed E-state index contributed by atoms with van der Waals surface area (Å²) in [7, 11) is 0. The maximum Gasteiger partial charge on any atom is 0.145 e. The highest BCUT2D eigenvalue weighted by molar-refractivity contribution is 8.00. The van der Waals surface area contributed by atoms with Crippen molar-refractivity contribution in [2.45, 2.75) is 30.5 Å². The maximum absolute atomic E-state index is 11.5. The molecule has 2 aromatic rings. The number of ketones is 1. The molecule has 1 N–H and O–H groups in total. The average molecular weight is 233 g/mol. The minimum atomic E-state index is 0.0260. The molecule has 2 rings (SSSR count). The van der Waals surface area contributed by atoms with Gasteiger partial charge in [0.15, 0.2) is 0 Å². The van der Waals surface area contributed by atoms with Crippen molar-refractivity contribution in [1.82, 2.24) is 4.98 Å². The summed E-state index contributed by atoms with van der Waals surface area (Å²) >= 11 is 1.60. The Bertz CT molecular complexity index is 470. The van der Waals surface area contributed by atoms with Gasteiger partial charge in [-0.2, -0.15) is 0 Å². The summed E-state index contributed by atoms with van der Waals surface area (Å²) < 4.78 is 0. The number of Topliss-reactive ketones (excluding diaryl/α,β-unsaturated/α-hetero) is 1. The standard InChI is InChI=1S/C13H15NOS/c1-3-12(15)9(2)16-13-8-10-6-4-5-7-11(10)14-13/h4-9,14H,3H2,1-2H3. The number of nitrogens with one attached hydrogen (secondary N) is 1. The molecule has 0 amide bonds. The quantitative estimate of drug-likeness (QED) is 0.818. The van der Waals surface area contributed by atoms with Crippen molar-refractivity contribution < 1.29 is 4.79 Å². The van der Waals surface area contributed by atoms with Gasteiger partial charge < -0.3 is 4.98 Å². The number of carbonyl (C=O) groups excluding carboxylic acids is 1. The Labute approximate surface area is 99.4 Å². The zero-order chi connectivity index (χ0) is 11.5. The van der Waals surface area contributed by atoms with Gasteiger partial charge in [-0.05, 0) is 19.1 Å². The molecule has 0 spiro atoms. The van der Waals surface area contributed by atoms with Gasteiger partial charge in [0.1, 0.15) is 5.78 Å². The van der Waals surface area contributed by atoms with E-state index >= 15 is 0 Å². The summed E-state index contributed by atoms with van der Waals surface area (Å²) in [5, 5.41) is 2.29. The number of para-hydroxylation sites is 1. The zero-order valence-corrected chi connectivity index (χ0v) is 10.3. The predicted octanol–water partition coefficient (Wildman–Crippen LogP) is 3.63. The first kappa shape index (κ1) is 11.3. The van der Waals surface area contributed by atoms with Crippen molar-refractivity contribution in [2.75, 3.05) is 0 Å². The lowest BCUT2D eigenvalue weighted by atomic mass is 10.2. The second-order valence-corrected chi connectivity index (χ2v) is 5.18. The molecule has 2 nitrogen and oxygen atoms in total. The summed E-state index contributed by atoms with van der Waals surface area (Å²) in [5.41, 5.74) is 1.13. The maximum atomic E-state index is 11.5. The van der Waals surface area contributed by atoms with Crippen molar-refractivity contribution in [3.8, 4) is 0 Å². The Hall–Kier alpha value is -1.22. The minimum Gasteiger partial charge on any atom is -0.350 e. The van der Waals surface area contributed by atoms with E-state index in [1.165, 1.54) is 5.39 Å². The fraction of sp³-hybridized carbons (Fsp3) is 0.308. The topological polar surface area (TPSA) is 32.9 Å². The van der Waals surface area contributed by atoms with Gasteiger partial charge in [-0.15, -0.1) is 0 Å². The van der Waals surface area contributed by atoms with Crippen LogP contribution in [0.2, 0.25) is 0 Å². The molecule has 1 heterocycles. The number of aromatic nitrogens is 1. The third-order valence-corrected chi connectivity index (χ3v) is 3.70. The van der Waals surface area contributed by atoms with Crippen molar-refractivity contribution in [3.05, 3.63) is 30.3 Å². The molecular formula is C13H15NOS.